The maximum atomic E-state index is 13.6. The minimum absolute atomic E-state index is 0.217. The standard InChI is InChI=1S/C25H35N3O4S/c1-6-15-26-25(30)23(7-2)27(17-21-13-9-8-12-20(21)4)24(29)18-28(33(5,31)32)22-14-10-11-19(3)16-22/h8-14,16,23H,6-7,15,17-18H2,1-5H3,(H,26,30)/t23-/m1/s1. The molecule has 0 spiro atoms. The summed E-state index contributed by atoms with van der Waals surface area (Å²) in [5.41, 5.74) is 3.22. The second kappa shape index (κ2) is 11.8. The van der Waals surface area contributed by atoms with E-state index in [4.69, 9.17) is 0 Å². The molecule has 0 fully saturated rings. The molecular weight excluding hydrogens is 438 g/mol. The Bertz CT molecular complexity index is 1070. The lowest BCUT2D eigenvalue weighted by Gasteiger charge is -2.33. The summed E-state index contributed by atoms with van der Waals surface area (Å²) < 4.78 is 26.3. The molecule has 0 saturated heterocycles. The molecule has 0 radical (unpaired) electrons. The fourth-order valence-electron chi connectivity index (χ4n) is 3.65. The highest BCUT2D eigenvalue weighted by Crippen LogP contribution is 2.21. The van der Waals surface area contributed by atoms with Gasteiger partial charge in [-0.1, -0.05) is 50.2 Å². The van der Waals surface area contributed by atoms with E-state index >= 15 is 0 Å². The third-order valence-electron chi connectivity index (χ3n) is 5.51. The van der Waals surface area contributed by atoms with Crippen LogP contribution in [-0.2, 0) is 26.2 Å². The van der Waals surface area contributed by atoms with Gasteiger partial charge in [0, 0.05) is 13.1 Å². The zero-order chi connectivity index (χ0) is 24.6. The molecule has 2 aromatic rings. The Morgan fingerprint density at radius 2 is 1.73 bits per heavy atom. The third-order valence-corrected chi connectivity index (χ3v) is 6.65. The molecular formula is C25H35N3O4S. The van der Waals surface area contributed by atoms with Crippen LogP contribution in [0, 0.1) is 13.8 Å². The first-order valence-electron chi connectivity index (χ1n) is 11.2. The van der Waals surface area contributed by atoms with Gasteiger partial charge in [-0.15, -0.1) is 0 Å². The number of amides is 2. The Kier molecular flexibility index (Phi) is 9.46. The number of sulfonamides is 1. The second-order valence-corrected chi connectivity index (χ2v) is 10.2. The number of hydrogen-bond acceptors (Lipinski definition) is 4. The highest BCUT2D eigenvalue weighted by Gasteiger charge is 2.31. The van der Waals surface area contributed by atoms with Gasteiger partial charge in [-0.3, -0.25) is 13.9 Å². The van der Waals surface area contributed by atoms with Crippen molar-refractivity contribution in [1.29, 1.82) is 0 Å². The molecule has 0 aromatic heterocycles. The zero-order valence-electron chi connectivity index (χ0n) is 20.2. The molecule has 2 aromatic carbocycles. The Morgan fingerprint density at radius 3 is 2.30 bits per heavy atom. The molecule has 0 aliphatic carbocycles. The van der Waals surface area contributed by atoms with E-state index in [1.165, 1.54) is 4.90 Å². The van der Waals surface area contributed by atoms with Gasteiger partial charge in [-0.05, 0) is 55.5 Å². The normalized spacial score (nSPS) is 12.2. The number of nitrogens with zero attached hydrogens (tertiary/aromatic N) is 2. The van der Waals surface area contributed by atoms with Crippen LogP contribution in [0.3, 0.4) is 0 Å². The third kappa shape index (κ3) is 7.32. The van der Waals surface area contributed by atoms with Crippen LogP contribution in [0.15, 0.2) is 48.5 Å². The van der Waals surface area contributed by atoms with Gasteiger partial charge in [0.05, 0.1) is 11.9 Å². The summed E-state index contributed by atoms with van der Waals surface area (Å²) in [6, 6.07) is 14.0. The van der Waals surface area contributed by atoms with E-state index in [1.54, 1.807) is 18.2 Å². The summed E-state index contributed by atoms with van der Waals surface area (Å²) >= 11 is 0. The van der Waals surface area contributed by atoms with E-state index in [1.807, 2.05) is 58.0 Å². The molecule has 0 aliphatic rings. The van der Waals surface area contributed by atoms with Crippen molar-refractivity contribution in [2.75, 3.05) is 23.7 Å². The highest BCUT2D eigenvalue weighted by atomic mass is 32.2. The van der Waals surface area contributed by atoms with Gasteiger partial charge in [0.2, 0.25) is 21.8 Å². The lowest BCUT2D eigenvalue weighted by Crippen LogP contribution is -2.52. The van der Waals surface area contributed by atoms with Crippen LogP contribution in [0.5, 0.6) is 0 Å². The maximum absolute atomic E-state index is 13.6. The predicted octanol–water partition coefficient (Wildman–Crippen LogP) is 3.40. The number of aryl methyl sites for hydroxylation is 2. The second-order valence-electron chi connectivity index (χ2n) is 8.27. The van der Waals surface area contributed by atoms with Gasteiger partial charge in [0.25, 0.3) is 0 Å². The summed E-state index contributed by atoms with van der Waals surface area (Å²) in [7, 11) is -3.73. The van der Waals surface area contributed by atoms with Crippen LogP contribution in [0.1, 0.15) is 43.4 Å². The van der Waals surface area contributed by atoms with E-state index in [0.29, 0.717) is 18.7 Å². The molecule has 0 heterocycles. The lowest BCUT2D eigenvalue weighted by molar-refractivity contribution is -0.140. The molecule has 2 rings (SSSR count). The SMILES string of the molecule is CCCNC(=O)[C@@H](CC)N(Cc1ccccc1C)C(=O)CN(c1cccc(C)c1)S(C)(=O)=O. The highest BCUT2D eigenvalue weighted by molar-refractivity contribution is 7.92. The monoisotopic (exact) mass is 473 g/mol. The van der Waals surface area contributed by atoms with Gasteiger partial charge >= 0.3 is 0 Å². The molecule has 1 N–H and O–H groups in total. The van der Waals surface area contributed by atoms with Crippen LogP contribution >= 0.6 is 0 Å². The summed E-state index contributed by atoms with van der Waals surface area (Å²) in [4.78, 5) is 28.0. The van der Waals surface area contributed by atoms with Crippen LogP contribution < -0.4 is 9.62 Å². The van der Waals surface area contributed by atoms with Crippen molar-refractivity contribution in [3.05, 3.63) is 65.2 Å². The Balaban J connectivity index is 2.44. The predicted molar refractivity (Wildman–Crippen MR) is 132 cm³/mol. The van der Waals surface area contributed by atoms with Crippen LogP contribution in [0.2, 0.25) is 0 Å². The Morgan fingerprint density at radius 1 is 1.03 bits per heavy atom. The summed E-state index contributed by atoms with van der Waals surface area (Å²) in [6.07, 6.45) is 2.28. The van der Waals surface area contributed by atoms with Crippen molar-refractivity contribution in [2.45, 2.75) is 53.1 Å². The number of benzene rings is 2. The first-order chi connectivity index (χ1) is 15.6. The fourth-order valence-corrected chi connectivity index (χ4v) is 4.49. The van der Waals surface area contributed by atoms with Crippen molar-refractivity contribution < 1.29 is 18.0 Å². The smallest absolute Gasteiger partial charge is 0.244 e. The average molecular weight is 474 g/mol. The molecule has 0 saturated carbocycles. The van der Waals surface area contributed by atoms with Crippen molar-refractivity contribution in [2.24, 2.45) is 0 Å². The number of hydrogen-bond donors (Lipinski definition) is 1. The van der Waals surface area contributed by atoms with Crippen molar-refractivity contribution in [3.63, 3.8) is 0 Å². The number of anilines is 1. The number of rotatable bonds is 11. The van der Waals surface area contributed by atoms with Crippen molar-refractivity contribution in [1.82, 2.24) is 10.2 Å². The molecule has 0 aliphatic heterocycles. The average Bonchev–Trinajstić information content (AvgIpc) is 2.76. The molecule has 7 nitrogen and oxygen atoms in total. The van der Waals surface area contributed by atoms with Gasteiger partial charge in [-0.25, -0.2) is 8.42 Å². The summed E-state index contributed by atoms with van der Waals surface area (Å²) in [5, 5.41) is 2.88. The first kappa shape index (κ1) is 26.4. The first-order valence-corrected chi connectivity index (χ1v) is 13.1. The van der Waals surface area contributed by atoms with Gasteiger partial charge in [-0.2, -0.15) is 0 Å². The topological polar surface area (TPSA) is 86.8 Å². The summed E-state index contributed by atoms with van der Waals surface area (Å²) in [6.45, 7) is 7.97. The molecule has 0 unspecified atom stereocenters. The molecule has 8 heteroatoms. The number of carbonyl (C=O) groups excluding carboxylic acids is 2. The lowest BCUT2D eigenvalue weighted by atomic mass is 10.1. The minimum Gasteiger partial charge on any atom is -0.354 e. The fraction of sp³-hybridized carbons (Fsp3) is 0.440. The van der Waals surface area contributed by atoms with Crippen LogP contribution in [0.25, 0.3) is 0 Å². The van der Waals surface area contributed by atoms with Crippen molar-refractivity contribution >= 4 is 27.5 Å². The molecule has 180 valence electrons. The van der Waals surface area contributed by atoms with E-state index in [-0.39, 0.29) is 19.0 Å². The minimum atomic E-state index is -3.73. The van der Waals surface area contributed by atoms with E-state index in [2.05, 4.69) is 5.32 Å². The summed E-state index contributed by atoms with van der Waals surface area (Å²) in [5.74, 6) is -0.661. The Labute approximate surface area is 197 Å². The quantitative estimate of drug-likeness (QED) is 0.542. The van der Waals surface area contributed by atoms with Gasteiger partial charge in [0.1, 0.15) is 12.6 Å². The number of carbonyl (C=O) groups is 2. The molecule has 0 bridgehead atoms. The largest absolute Gasteiger partial charge is 0.354 e. The van der Waals surface area contributed by atoms with Crippen LogP contribution in [-0.4, -0.2) is 50.5 Å². The van der Waals surface area contributed by atoms with E-state index < -0.39 is 22.0 Å². The maximum Gasteiger partial charge on any atom is 0.244 e. The van der Waals surface area contributed by atoms with Crippen molar-refractivity contribution in [3.8, 4) is 0 Å². The van der Waals surface area contributed by atoms with Crippen LogP contribution in [0.4, 0.5) is 5.69 Å². The molecule has 1 atom stereocenters. The molecule has 2 amide bonds. The zero-order valence-corrected chi connectivity index (χ0v) is 21.0. The number of nitrogens with one attached hydrogen (secondary N) is 1. The molecule has 33 heavy (non-hydrogen) atoms. The van der Waals surface area contributed by atoms with E-state index in [0.717, 1.165) is 33.7 Å². The van der Waals surface area contributed by atoms with Gasteiger partial charge < -0.3 is 10.2 Å². The Hall–Kier alpha value is -2.87. The van der Waals surface area contributed by atoms with Gasteiger partial charge in [0.15, 0.2) is 0 Å². The van der Waals surface area contributed by atoms with E-state index in [9.17, 15) is 18.0 Å².